The average Bonchev–Trinajstić information content (AvgIpc) is 2.97. The molecule has 1 aromatic carbocycles. The number of hydrogen-bond acceptors (Lipinski definition) is 6. The van der Waals surface area contributed by atoms with E-state index in [0.29, 0.717) is 6.42 Å². The van der Waals surface area contributed by atoms with Gasteiger partial charge in [-0.15, -0.1) is 0 Å². The average molecular weight is 652 g/mol. The lowest BCUT2D eigenvalue weighted by molar-refractivity contribution is -0.192. The van der Waals surface area contributed by atoms with Gasteiger partial charge in [-0.3, -0.25) is 9.59 Å². The summed E-state index contributed by atoms with van der Waals surface area (Å²) in [5, 5.41) is 9.43. The van der Waals surface area contributed by atoms with Crippen molar-refractivity contribution in [3.8, 4) is 5.75 Å². The highest BCUT2D eigenvalue weighted by atomic mass is 35.5. The first-order valence-corrected chi connectivity index (χ1v) is 15.1. The van der Waals surface area contributed by atoms with Crippen LogP contribution in [0.25, 0.3) is 5.57 Å². The summed E-state index contributed by atoms with van der Waals surface area (Å²) >= 11 is 6.25. The number of carboxylic acids is 1. The van der Waals surface area contributed by atoms with Gasteiger partial charge in [-0.25, -0.2) is 4.79 Å². The maximum absolute atomic E-state index is 13.7. The Labute approximate surface area is 264 Å². The number of hydrogen-bond donors (Lipinski definition) is 1. The first-order valence-electron chi connectivity index (χ1n) is 14.7. The van der Waals surface area contributed by atoms with Gasteiger partial charge in [0, 0.05) is 36.1 Å². The monoisotopic (exact) mass is 651 g/mol. The van der Waals surface area contributed by atoms with E-state index >= 15 is 0 Å². The zero-order valence-electron chi connectivity index (χ0n) is 25.4. The van der Waals surface area contributed by atoms with Crippen molar-refractivity contribution in [2.24, 2.45) is 0 Å². The molecule has 1 aromatic heterocycles. The van der Waals surface area contributed by atoms with Crippen molar-refractivity contribution >= 4 is 28.9 Å². The standard InChI is InChI=1S/C33H37ClF3NO7/c1-31(13-4-14-31)44-16-12-26(27(39)10-7-21-5-8-22(9-6-21)30(41)42)38-19-28(43-3)24(18-29(38)40)25-17-23(34)11-15-32(25,2)45-20-33(35,36)37/h5-6,8-9,11,17-19,26H,4,7,10,12-16,20H2,1-3H3,(H,41,42). The maximum atomic E-state index is 13.7. The number of ether oxygens (including phenoxy) is 3. The van der Waals surface area contributed by atoms with Crippen molar-refractivity contribution < 1.29 is 42.1 Å². The molecule has 45 heavy (non-hydrogen) atoms. The molecule has 0 radical (unpaired) electrons. The number of ketones is 1. The van der Waals surface area contributed by atoms with Crippen molar-refractivity contribution in [2.45, 2.75) is 82.2 Å². The Hall–Kier alpha value is -3.41. The number of nitrogens with zero attached hydrogens (tertiary/aromatic N) is 1. The summed E-state index contributed by atoms with van der Waals surface area (Å²) in [4.78, 5) is 38.5. The fourth-order valence-corrected chi connectivity index (χ4v) is 5.76. The van der Waals surface area contributed by atoms with Gasteiger partial charge in [0.25, 0.3) is 5.56 Å². The van der Waals surface area contributed by atoms with Crippen molar-refractivity contribution in [2.75, 3.05) is 20.3 Å². The Morgan fingerprint density at radius 3 is 2.40 bits per heavy atom. The fourth-order valence-electron chi connectivity index (χ4n) is 5.58. The van der Waals surface area contributed by atoms with Crippen LogP contribution in [0.3, 0.4) is 0 Å². The van der Waals surface area contributed by atoms with Gasteiger partial charge in [-0.05, 0) is 75.3 Å². The normalized spacial score (nSPS) is 20.1. The lowest BCUT2D eigenvalue weighted by Gasteiger charge is -2.38. The van der Waals surface area contributed by atoms with E-state index in [9.17, 15) is 27.6 Å². The molecule has 2 unspecified atom stereocenters. The van der Waals surface area contributed by atoms with E-state index in [1.807, 2.05) is 6.92 Å². The van der Waals surface area contributed by atoms with E-state index in [4.69, 9.17) is 30.9 Å². The summed E-state index contributed by atoms with van der Waals surface area (Å²) < 4.78 is 57.6. The second kappa shape index (κ2) is 13.9. The number of carboxylic acid groups (broad SMARTS) is 1. The third-order valence-electron chi connectivity index (χ3n) is 8.47. The van der Waals surface area contributed by atoms with E-state index in [1.165, 1.54) is 49.1 Å². The minimum atomic E-state index is -4.57. The highest BCUT2D eigenvalue weighted by molar-refractivity contribution is 6.32. The van der Waals surface area contributed by atoms with E-state index in [0.717, 1.165) is 24.8 Å². The third-order valence-corrected chi connectivity index (χ3v) is 8.73. The second-order valence-corrected chi connectivity index (χ2v) is 12.3. The van der Waals surface area contributed by atoms with E-state index in [2.05, 4.69) is 0 Å². The van der Waals surface area contributed by atoms with Crippen molar-refractivity contribution in [3.05, 3.63) is 80.8 Å². The van der Waals surface area contributed by atoms with Gasteiger partial charge in [0.05, 0.1) is 36.1 Å². The lowest BCUT2D eigenvalue weighted by Crippen LogP contribution is -2.38. The number of aromatic nitrogens is 1. The molecule has 0 spiro atoms. The van der Waals surface area contributed by atoms with Crippen molar-refractivity contribution in [1.82, 2.24) is 4.57 Å². The number of pyridine rings is 1. The van der Waals surface area contributed by atoms with Crippen LogP contribution in [0.1, 0.15) is 79.9 Å². The Bertz CT molecular complexity index is 1530. The summed E-state index contributed by atoms with van der Waals surface area (Å²) in [5.41, 5.74) is -0.947. The second-order valence-electron chi connectivity index (χ2n) is 11.9. The van der Waals surface area contributed by atoms with E-state index in [-0.39, 0.29) is 64.7 Å². The number of allylic oxidation sites excluding steroid dienone is 2. The van der Waals surface area contributed by atoms with Crippen LogP contribution in [0.2, 0.25) is 0 Å². The molecule has 2 aliphatic rings. The quantitative estimate of drug-likeness (QED) is 0.237. The van der Waals surface area contributed by atoms with Gasteiger partial charge in [0.2, 0.25) is 0 Å². The Morgan fingerprint density at radius 2 is 1.82 bits per heavy atom. The molecule has 0 saturated heterocycles. The first-order chi connectivity index (χ1) is 21.1. The molecule has 1 N–H and O–H groups in total. The van der Waals surface area contributed by atoms with Gasteiger partial charge in [-0.2, -0.15) is 13.2 Å². The van der Waals surface area contributed by atoms with Crippen LogP contribution in [-0.4, -0.2) is 59.1 Å². The number of aromatic carboxylic acids is 1. The Balaban J connectivity index is 1.65. The maximum Gasteiger partial charge on any atom is 0.411 e. The summed E-state index contributed by atoms with van der Waals surface area (Å²) in [7, 11) is 1.36. The molecule has 0 aliphatic heterocycles. The van der Waals surface area contributed by atoms with E-state index < -0.39 is 36.0 Å². The lowest BCUT2D eigenvalue weighted by atomic mass is 9.82. The smallest absolute Gasteiger partial charge is 0.411 e. The van der Waals surface area contributed by atoms with Crippen molar-refractivity contribution in [1.29, 1.82) is 0 Å². The minimum absolute atomic E-state index is 0.0324. The summed E-state index contributed by atoms with van der Waals surface area (Å²) in [5.74, 6) is -1.13. The summed E-state index contributed by atoms with van der Waals surface area (Å²) in [6.45, 7) is 2.22. The molecule has 244 valence electrons. The highest BCUT2D eigenvalue weighted by Crippen LogP contribution is 2.43. The number of Topliss-reactive ketones (excluding diaryl/α,β-unsaturated/α-hetero) is 1. The number of methoxy groups -OCH3 is 1. The molecule has 4 rings (SSSR count). The topological polar surface area (TPSA) is 104 Å². The van der Waals surface area contributed by atoms with Gasteiger partial charge in [0.15, 0.2) is 5.78 Å². The predicted octanol–water partition coefficient (Wildman–Crippen LogP) is 6.89. The first kappa shape index (κ1) is 34.5. The molecule has 2 atom stereocenters. The zero-order chi connectivity index (χ0) is 33.0. The largest absolute Gasteiger partial charge is 0.495 e. The zero-order valence-corrected chi connectivity index (χ0v) is 26.2. The van der Waals surface area contributed by atoms with Gasteiger partial charge in [-0.1, -0.05) is 29.8 Å². The van der Waals surface area contributed by atoms with Crippen LogP contribution in [-0.2, 0) is 20.7 Å². The molecule has 8 nitrogen and oxygen atoms in total. The Kier molecular flexibility index (Phi) is 10.7. The minimum Gasteiger partial charge on any atom is -0.495 e. The van der Waals surface area contributed by atoms with Crippen LogP contribution >= 0.6 is 11.6 Å². The molecule has 0 bridgehead atoms. The van der Waals surface area contributed by atoms with Crippen LogP contribution in [0.15, 0.2) is 58.5 Å². The third kappa shape index (κ3) is 8.65. The molecule has 1 saturated carbocycles. The SMILES string of the molecule is COc1cn(C(CCOC2(C)CCC2)C(=O)CCc2ccc(C(=O)O)cc2)c(=O)cc1C1=CC(Cl)=CCC1(C)OCC(F)(F)F. The molecular weight excluding hydrogens is 615 g/mol. The number of halogens is 4. The van der Waals surface area contributed by atoms with Crippen LogP contribution < -0.4 is 10.3 Å². The van der Waals surface area contributed by atoms with Gasteiger partial charge >= 0.3 is 12.1 Å². The van der Waals surface area contributed by atoms with Crippen LogP contribution in [0, 0.1) is 0 Å². The number of alkyl halides is 3. The molecular formula is C33H37ClF3NO7. The number of benzene rings is 1. The number of carbonyl (C=O) groups excluding carboxylic acids is 1. The predicted molar refractivity (Wildman–Crippen MR) is 163 cm³/mol. The summed E-state index contributed by atoms with van der Waals surface area (Å²) in [6.07, 6.45) is 3.31. The fraction of sp³-hybridized carbons (Fsp3) is 0.485. The number of carbonyl (C=O) groups is 2. The van der Waals surface area contributed by atoms with E-state index in [1.54, 1.807) is 18.2 Å². The van der Waals surface area contributed by atoms with Crippen LogP contribution in [0.4, 0.5) is 13.2 Å². The number of rotatable bonds is 14. The highest BCUT2D eigenvalue weighted by Gasteiger charge is 2.39. The summed E-state index contributed by atoms with van der Waals surface area (Å²) in [6, 6.07) is 6.54. The van der Waals surface area contributed by atoms with Gasteiger partial charge in [0.1, 0.15) is 12.4 Å². The van der Waals surface area contributed by atoms with Crippen molar-refractivity contribution in [3.63, 3.8) is 0 Å². The molecule has 1 fully saturated rings. The Morgan fingerprint density at radius 1 is 1.13 bits per heavy atom. The van der Waals surface area contributed by atoms with Gasteiger partial charge < -0.3 is 23.9 Å². The molecule has 2 aliphatic carbocycles. The van der Waals surface area contributed by atoms with Crippen LogP contribution in [0.5, 0.6) is 5.75 Å². The number of aryl methyl sites for hydroxylation is 1. The molecule has 2 aromatic rings. The molecule has 0 amide bonds. The molecule has 12 heteroatoms. The molecule has 1 heterocycles.